The number of aromatic amines is 1. The van der Waals surface area contributed by atoms with Crippen LogP contribution in [-0.4, -0.2) is 17.0 Å². The molecule has 4 heteroatoms. The highest BCUT2D eigenvalue weighted by atomic mass is 16.1. The lowest BCUT2D eigenvalue weighted by Gasteiger charge is -2.05. The van der Waals surface area contributed by atoms with Gasteiger partial charge < -0.3 is 10.3 Å². The molecule has 0 spiro atoms. The van der Waals surface area contributed by atoms with Crippen LogP contribution in [0.2, 0.25) is 0 Å². The molecule has 15 heavy (non-hydrogen) atoms. The van der Waals surface area contributed by atoms with E-state index in [1.807, 2.05) is 12.4 Å². The van der Waals surface area contributed by atoms with E-state index in [4.69, 9.17) is 0 Å². The van der Waals surface area contributed by atoms with Gasteiger partial charge in [-0.05, 0) is 24.0 Å². The minimum absolute atomic E-state index is 0.0608. The third-order valence-electron chi connectivity index (χ3n) is 2.98. The second-order valence-corrected chi connectivity index (χ2v) is 3.78. The van der Waals surface area contributed by atoms with Gasteiger partial charge in [0.2, 0.25) is 0 Å². The van der Waals surface area contributed by atoms with Crippen molar-refractivity contribution in [1.82, 2.24) is 9.97 Å². The summed E-state index contributed by atoms with van der Waals surface area (Å²) >= 11 is 0. The summed E-state index contributed by atoms with van der Waals surface area (Å²) < 4.78 is 0. The molecular weight excluding hydrogens is 190 g/mol. The number of pyridine rings is 2. The molecule has 1 aliphatic carbocycles. The molecule has 0 unspecified atom stereocenters. The maximum Gasteiger partial charge on any atom is 0.259 e. The Morgan fingerprint density at radius 3 is 2.93 bits per heavy atom. The van der Waals surface area contributed by atoms with E-state index in [1.54, 1.807) is 7.05 Å². The van der Waals surface area contributed by atoms with Crippen molar-refractivity contribution in [2.45, 2.75) is 12.8 Å². The van der Waals surface area contributed by atoms with Gasteiger partial charge in [0.15, 0.2) is 0 Å². The molecular formula is C11H11N3O. The summed E-state index contributed by atoms with van der Waals surface area (Å²) in [6.07, 6.45) is 5.67. The Morgan fingerprint density at radius 2 is 2.13 bits per heavy atom. The second-order valence-electron chi connectivity index (χ2n) is 3.78. The molecule has 2 aromatic rings. The van der Waals surface area contributed by atoms with Crippen LogP contribution in [0.25, 0.3) is 10.8 Å². The monoisotopic (exact) mass is 201 g/mol. The van der Waals surface area contributed by atoms with Crippen LogP contribution < -0.4 is 10.9 Å². The molecule has 1 aliphatic rings. The van der Waals surface area contributed by atoms with Crippen LogP contribution in [0.15, 0.2) is 17.2 Å². The van der Waals surface area contributed by atoms with Crippen molar-refractivity contribution < 1.29 is 0 Å². The highest BCUT2D eigenvalue weighted by molar-refractivity contribution is 5.96. The summed E-state index contributed by atoms with van der Waals surface area (Å²) in [5.41, 5.74) is 2.35. The Morgan fingerprint density at radius 1 is 1.33 bits per heavy atom. The molecule has 2 N–H and O–H groups in total. The molecule has 0 atom stereocenters. The molecule has 0 radical (unpaired) electrons. The van der Waals surface area contributed by atoms with Crippen molar-refractivity contribution >= 4 is 16.6 Å². The number of anilines is 1. The summed E-state index contributed by atoms with van der Waals surface area (Å²) in [6.45, 7) is 0. The Balaban J connectivity index is 2.58. The molecule has 4 nitrogen and oxygen atoms in total. The predicted octanol–water partition coefficient (Wildman–Crippen LogP) is 1.06. The van der Waals surface area contributed by atoms with Crippen LogP contribution in [0.3, 0.4) is 0 Å². The topological polar surface area (TPSA) is 57.8 Å². The van der Waals surface area contributed by atoms with Crippen molar-refractivity contribution in [3.8, 4) is 0 Å². The standard InChI is InChI=1S/C11H11N3O/c1-12-10-9-8-6(4-13-10)2-3-7(8)5-14-11(9)15/h4-5H,2-3H2,1H3,(H,12,13)(H,14,15). The van der Waals surface area contributed by atoms with Crippen molar-refractivity contribution in [2.75, 3.05) is 12.4 Å². The van der Waals surface area contributed by atoms with Crippen LogP contribution in [0.1, 0.15) is 11.1 Å². The molecule has 0 aliphatic heterocycles. The van der Waals surface area contributed by atoms with Crippen molar-refractivity contribution in [1.29, 1.82) is 0 Å². The number of aromatic nitrogens is 2. The molecule has 0 fully saturated rings. The molecule has 3 rings (SSSR count). The lowest BCUT2D eigenvalue weighted by atomic mass is 10.1. The van der Waals surface area contributed by atoms with Crippen LogP contribution in [0.4, 0.5) is 5.82 Å². The van der Waals surface area contributed by atoms with Crippen molar-refractivity contribution in [3.63, 3.8) is 0 Å². The predicted molar refractivity (Wildman–Crippen MR) is 59.3 cm³/mol. The van der Waals surface area contributed by atoms with E-state index >= 15 is 0 Å². The molecule has 0 bridgehead atoms. The smallest absolute Gasteiger partial charge is 0.259 e. The zero-order valence-corrected chi connectivity index (χ0v) is 8.42. The summed E-state index contributed by atoms with van der Waals surface area (Å²) in [4.78, 5) is 18.8. The van der Waals surface area contributed by atoms with E-state index in [1.165, 1.54) is 11.1 Å². The molecule has 2 heterocycles. The molecule has 0 saturated heterocycles. The van der Waals surface area contributed by atoms with Gasteiger partial charge in [-0.3, -0.25) is 4.79 Å². The average molecular weight is 201 g/mol. The van der Waals surface area contributed by atoms with Gasteiger partial charge in [-0.1, -0.05) is 0 Å². The van der Waals surface area contributed by atoms with Gasteiger partial charge in [-0.25, -0.2) is 4.98 Å². The molecule has 76 valence electrons. The number of H-pyrrole nitrogens is 1. The van der Waals surface area contributed by atoms with E-state index in [0.29, 0.717) is 11.2 Å². The molecule has 0 aromatic carbocycles. The van der Waals surface area contributed by atoms with E-state index in [2.05, 4.69) is 15.3 Å². The first kappa shape index (κ1) is 8.47. The lowest BCUT2D eigenvalue weighted by molar-refractivity contribution is 1.01. The number of rotatable bonds is 1. The van der Waals surface area contributed by atoms with Gasteiger partial charge in [0.25, 0.3) is 5.56 Å². The Bertz CT molecular complexity index is 590. The highest BCUT2D eigenvalue weighted by Crippen LogP contribution is 2.30. The van der Waals surface area contributed by atoms with Crippen LogP contribution in [0.5, 0.6) is 0 Å². The highest BCUT2D eigenvalue weighted by Gasteiger charge is 2.18. The van der Waals surface area contributed by atoms with E-state index in [-0.39, 0.29) is 5.56 Å². The van der Waals surface area contributed by atoms with Crippen LogP contribution in [-0.2, 0) is 12.8 Å². The maximum absolute atomic E-state index is 11.8. The Labute approximate surface area is 86.4 Å². The van der Waals surface area contributed by atoms with Crippen LogP contribution in [0, 0.1) is 0 Å². The first-order valence-electron chi connectivity index (χ1n) is 5.01. The Hall–Kier alpha value is -1.84. The van der Waals surface area contributed by atoms with Gasteiger partial charge in [-0.2, -0.15) is 0 Å². The number of nitrogens with zero attached hydrogens (tertiary/aromatic N) is 1. The first-order chi connectivity index (χ1) is 7.31. The van der Waals surface area contributed by atoms with Gasteiger partial charge in [-0.15, -0.1) is 0 Å². The summed E-state index contributed by atoms with van der Waals surface area (Å²) in [5.74, 6) is 0.666. The lowest BCUT2D eigenvalue weighted by Crippen LogP contribution is -2.09. The van der Waals surface area contributed by atoms with Gasteiger partial charge >= 0.3 is 0 Å². The summed E-state index contributed by atoms with van der Waals surface area (Å²) in [7, 11) is 1.78. The third-order valence-corrected chi connectivity index (χ3v) is 2.98. The van der Waals surface area contributed by atoms with Gasteiger partial charge in [0.1, 0.15) is 5.82 Å². The van der Waals surface area contributed by atoms with Crippen LogP contribution >= 0.6 is 0 Å². The van der Waals surface area contributed by atoms with E-state index < -0.39 is 0 Å². The van der Waals surface area contributed by atoms with Crippen molar-refractivity contribution in [3.05, 3.63) is 33.9 Å². The normalized spacial score (nSPS) is 13.4. The number of hydrogen-bond acceptors (Lipinski definition) is 3. The maximum atomic E-state index is 11.8. The quantitative estimate of drug-likeness (QED) is 0.725. The average Bonchev–Trinajstić information content (AvgIpc) is 2.68. The van der Waals surface area contributed by atoms with Gasteiger partial charge in [0.05, 0.1) is 5.39 Å². The van der Waals surface area contributed by atoms with Gasteiger partial charge in [0, 0.05) is 24.8 Å². The van der Waals surface area contributed by atoms with E-state index in [0.717, 1.165) is 18.2 Å². The minimum Gasteiger partial charge on any atom is -0.372 e. The first-order valence-corrected chi connectivity index (χ1v) is 5.01. The van der Waals surface area contributed by atoms with Crippen molar-refractivity contribution in [2.24, 2.45) is 0 Å². The number of aryl methyl sites for hydroxylation is 2. The largest absolute Gasteiger partial charge is 0.372 e. The molecule has 0 amide bonds. The number of nitrogens with one attached hydrogen (secondary N) is 2. The Kier molecular flexibility index (Phi) is 1.59. The molecule has 0 saturated carbocycles. The minimum atomic E-state index is -0.0608. The number of hydrogen-bond donors (Lipinski definition) is 2. The second kappa shape index (κ2) is 2.82. The summed E-state index contributed by atoms with van der Waals surface area (Å²) in [6, 6.07) is 0. The fraction of sp³-hybridized carbons (Fsp3) is 0.273. The SMILES string of the molecule is CNc1ncc2c3c(c[nH]c(=O)c13)CC2. The fourth-order valence-corrected chi connectivity index (χ4v) is 2.28. The summed E-state index contributed by atoms with van der Waals surface area (Å²) in [5, 5.41) is 4.76. The zero-order chi connectivity index (χ0) is 10.4. The third kappa shape index (κ3) is 1.02. The molecule has 2 aromatic heterocycles. The van der Waals surface area contributed by atoms with E-state index in [9.17, 15) is 4.79 Å². The fourth-order valence-electron chi connectivity index (χ4n) is 2.28. The zero-order valence-electron chi connectivity index (χ0n) is 8.42.